The van der Waals surface area contributed by atoms with Crippen molar-refractivity contribution in [1.82, 2.24) is 15.5 Å². The lowest BCUT2D eigenvalue weighted by molar-refractivity contribution is 0.0287. The van der Waals surface area contributed by atoms with Gasteiger partial charge in [0.2, 0.25) is 0 Å². The van der Waals surface area contributed by atoms with Crippen molar-refractivity contribution in [1.29, 1.82) is 0 Å². The minimum Gasteiger partial charge on any atom is -0.444 e. The molecule has 0 aromatic carbocycles. The molecule has 2 aliphatic heterocycles. The van der Waals surface area contributed by atoms with Crippen molar-refractivity contribution < 1.29 is 9.53 Å². The van der Waals surface area contributed by atoms with E-state index in [1.807, 2.05) is 25.7 Å². The minimum atomic E-state index is -0.402. The summed E-state index contributed by atoms with van der Waals surface area (Å²) in [4.78, 5) is 13.9. The molecule has 2 N–H and O–H groups in total. The van der Waals surface area contributed by atoms with Crippen LogP contribution in [0.25, 0.3) is 0 Å². The second kappa shape index (κ2) is 8.34. The summed E-state index contributed by atoms with van der Waals surface area (Å²) in [7, 11) is 0. The Morgan fingerprint density at radius 2 is 2.17 bits per heavy atom. The van der Waals surface area contributed by atoms with Crippen molar-refractivity contribution in [2.24, 2.45) is 5.92 Å². The molecule has 3 unspecified atom stereocenters. The number of hydrogen-bond donors (Lipinski definition) is 2. The smallest absolute Gasteiger partial charge is 0.410 e. The zero-order chi connectivity index (χ0) is 16.9. The van der Waals surface area contributed by atoms with Crippen LogP contribution in [0.2, 0.25) is 0 Å². The maximum Gasteiger partial charge on any atom is 0.410 e. The Morgan fingerprint density at radius 1 is 1.39 bits per heavy atom. The third-order valence-electron chi connectivity index (χ3n) is 4.78. The predicted octanol–water partition coefficient (Wildman–Crippen LogP) is 2.75. The third kappa shape index (κ3) is 6.68. The van der Waals surface area contributed by atoms with Gasteiger partial charge >= 0.3 is 6.09 Å². The molecule has 0 radical (unpaired) electrons. The van der Waals surface area contributed by atoms with Crippen molar-refractivity contribution in [3.05, 3.63) is 0 Å². The molecule has 0 spiro atoms. The number of likely N-dealkylation sites (tertiary alicyclic amines) is 1. The first-order valence-corrected chi connectivity index (χ1v) is 9.28. The van der Waals surface area contributed by atoms with Gasteiger partial charge in [-0.3, -0.25) is 0 Å². The van der Waals surface area contributed by atoms with Crippen LogP contribution in [-0.2, 0) is 4.74 Å². The number of rotatable bonds is 6. The second-order valence-corrected chi connectivity index (χ2v) is 8.25. The molecule has 5 heteroatoms. The quantitative estimate of drug-likeness (QED) is 0.788. The number of amides is 1. The van der Waals surface area contributed by atoms with Gasteiger partial charge < -0.3 is 20.3 Å². The monoisotopic (exact) mass is 325 g/mol. The molecule has 2 rings (SSSR count). The van der Waals surface area contributed by atoms with Crippen LogP contribution in [0.5, 0.6) is 0 Å². The normalized spacial score (nSPS) is 26.5. The first-order valence-electron chi connectivity index (χ1n) is 9.28. The fraction of sp³-hybridized carbons (Fsp3) is 0.944. The molecule has 5 nitrogen and oxygen atoms in total. The van der Waals surface area contributed by atoms with Gasteiger partial charge in [-0.25, -0.2) is 4.79 Å². The highest BCUT2D eigenvalue weighted by Crippen LogP contribution is 2.21. The summed E-state index contributed by atoms with van der Waals surface area (Å²) in [6.45, 7) is 11.9. The summed E-state index contributed by atoms with van der Waals surface area (Å²) in [5.74, 6) is 0.604. The average molecular weight is 325 g/mol. The Labute approximate surface area is 141 Å². The average Bonchev–Trinajstić information content (AvgIpc) is 3.08. The van der Waals surface area contributed by atoms with E-state index in [2.05, 4.69) is 17.6 Å². The summed E-state index contributed by atoms with van der Waals surface area (Å²) >= 11 is 0. The van der Waals surface area contributed by atoms with Gasteiger partial charge in [-0.2, -0.15) is 0 Å². The van der Waals surface area contributed by atoms with Gasteiger partial charge in [0.1, 0.15) is 5.60 Å². The van der Waals surface area contributed by atoms with Crippen molar-refractivity contribution in [3.8, 4) is 0 Å². The SMILES string of the molecule is CC(CC1CCCN1)NCCC1CCN(C(=O)OC(C)(C)C)C1. The molecule has 2 fully saturated rings. The maximum atomic E-state index is 12.1. The van der Waals surface area contributed by atoms with Crippen LogP contribution in [0.3, 0.4) is 0 Å². The molecule has 2 aliphatic rings. The van der Waals surface area contributed by atoms with E-state index in [9.17, 15) is 4.79 Å². The lowest BCUT2D eigenvalue weighted by Gasteiger charge is -2.24. The zero-order valence-corrected chi connectivity index (χ0v) is 15.4. The Bertz CT molecular complexity index is 375. The second-order valence-electron chi connectivity index (χ2n) is 8.25. The van der Waals surface area contributed by atoms with Gasteiger partial charge in [0.25, 0.3) is 0 Å². The molecule has 2 saturated heterocycles. The van der Waals surface area contributed by atoms with Crippen LogP contribution < -0.4 is 10.6 Å². The summed E-state index contributed by atoms with van der Waals surface area (Å²) < 4.78 is 5.45. The first-order chi connectivity index (χ1) is 10.8. The van der Waals surface area contributed by atoms with Gasteiger partial charge in [-0.05, 0) is 78.8 Å². The van der Waals surface area contributed by atoms with E-state index in [0.29, 0.717) is 18.0 Å². The molecule has 0 saturated carbocycles. The van der Waals surface area contributed by atoms with Crippen molar-refractivity contribution in [3.63, 3.8) is 0 Å². The zero-order valence-electron chi connectivity index (χ0n) is 15.4. The van der Waals surface area contributed by atoms with Crippen LogP contribution in [0.4, 0.5) is 4.79 Å². The van der Waals surface area contributed by atoms with Gasteiger partial charge in [0.05, 0.1) is 0 Å². The van der Waals surface area contributed by atoms with Crippen LogP contribution in [0.15, 0.2) is 0 Å². The van der Waals surface area contributed by atoms with E-state index in [-0.39, 0.29) is 6.09 Å². The topological polar surface area (TPSA) is 53.6 Å². The van der Waals surface area contributed by atoms with Gasteiger partial charge in [-0.1, -0.05) is 0 Å². The maximum absolute atomic E-state index is 12.1. The molecular weight excluding hydrogens is 290 g/mol. The van der Waals surface area contributed by atoms with E-state index in [4.69, 9.17) is 4.74 Å². The number of carbonyl (C=O) groups excluding carboxylic acids is 1. The Morgan fingerprint density at radius 3 is 2.83 bits per heavy atom. The molecular formula is C18H35N3O2. The molecule has 2 heterocycles. The fourth-order valence-electron chi connectivity index (χ4n) is 3.56. The standard InChI is InChI=1S/C18H35N3O2/c1-14(12-16-6-5-9-20-16)19-10-7-15-8-11-21(13-15)17(22)23-18(2,3)4/h14-16,19-20H,5-13H2,1-4H3. The summed E-state index contributed by atoms with van der Waals surface area (Å²) in [5, 5.41) is 7.20. The molecule has 23 heavy (non-hydrogen) atoms. The Hall–Kier alpha value is -0.810. The van der Waals surface area contributed by atoms with Gasteiger partial charge in [-0.15, -0.1) is 0 Å². The molecule has 3 atom stereocenters. The molecule has 134 valence electrons. The number of carbonyl (C=O) groups is 1. The molecule has 0 aromatic heterocycles. The number of ether oxygens (including phenoxy) is 1. The highest BCUT2D eigenvalue weighted by molar-refractivity contribution is 5.68. The van der Waals surface area contributed by atoms with Crippen LogP contribution >= 0.6 is 0 Å². The number of hydrogen-bond acceptors (Lipinski definition) is 4. The Kier molecular flexibility index (Phi) is 6.72. The van der Waals surface area contributed by atoms with Crippen molar-refractivity contribution >= 4 is 6.09 Å². The van der Waals surface area contributed by atoms with E-state index in [0.717, 1.165) is 32.5 Å². The van der Waals surface area contributed by atoms with E-state index < -0.39 is 5.60 Å². The third-order valence-corrected chi connectivity index (χ3v) is 4.78. The lowest BCUT2D eigenvalue weighted by Crippen LogP contribution is -2.36. The molecule has 1 amide bonds. The van der Waals surface area contributed by atoms with E-state index in [1.165, 1.54) is 25.8 Å². The number of nitrogens with zero attached hydrogens (tertiary/aromatic N) is 1. The van der Waals surface area contributed by atoms with E-state index in [1.54, 1.807) is 0 Å². The molecule has 0 aromatic rings. The summed E-state index contributed by atoms with van der Waals surface area (Å²) in [5.41, 5.74) is -0.402. The minimum absolute atomic E-state index is 0.159. The largest absolute Gasteiger partial charge is 0.444 e. The van der Waals surface area contributed by atoms with Crippen LogP contribution in [0, 0.1) is 5.92 Å². The lowest BCUT2D eigenvalue weighted by atomic mass is 10.0. The van der Waals surface area contributed by atoms with Gasteiger partial charge in [0, 0.05) is 25.2 Å². The number of nitrogens with one attached hydrogen (secondary N) is 2. The van der Waals surface area contributed by atoms with Crippen molar-refractivity contribution in [2.75, 3.05) is 26.2 Å². The highest BCUT2D eigenvalue weighted by Gasteiger charge is 2.29. The predicted molar refractivity (Wildman–Crippen MR) is 93.6 cm³/mol. The van der Waals surface area contributed by atoms with Gasteiger partial charge in [0.15, 0.2) is 0 Å². The van der Waals surface area contributed by atoms with Crippen molar-refractivity contribution in [2.45, 2.75) is 77.5 Å². The summed E-state index contributed by atoms with van der Waals surface area (Å²) in [6, 6.07) is 1.26. The highest BCUT2D eigenvalue weighted by atomic mass is 16.6. The Balaban J connectivity index is 1.59. The summed E-state index contributed by atoms with van der Waals surface area (Å²) in [6.07, 6.45) is 5.93. The van der Waals surface area contributed by atoms with Crippen LogP contribution in [0.1, 0.15) is 59.8 Å². The molecule has 0 bridgehead atoms. The molecule has 0 aliphatic carbocycles. The van der Waals surface area contributed by atoms with Crippen LogP contribution in [-0.4, -0.2) is 54.9 Å². The van der Waals surface area contributed by atoms with E-state index >= 15 is 0 Å². The first kappa shape index (κ1) is 18.5. The fourth-order valence-corrected chi connectivity index (χ4v) is 3.56.